The molecule has 6 aliphatic heterocycles. The third-order valence-electron chi connectivity index (χ3n) is 12.3. The fourth-order valence-corrected chi connectivity index (χ4v) is 10.8. The lowest BCUT2D eigenvalue weighted by Crippen LogP contribution is -2.64. The summed E-state index contributed by atoms with van der Waals surface area (Å²) in [5.41, 5.74) is -3.91. The molecule has 10 nitrogen and oxygen atoms in total. The molecule has 14 atom stereocenters. The van der Waals surface area contributed by atoms with E-state index in [0.717, 1.165) is 0 Å². The monoisotopic (exact) mass is 544 g/mol. The molecular weight excluding hydrogens is 508 g/mol. The van der Waals surface area contributed by atoms with E-state index >= 15 is 0 Å². The highest BCUT2D eigenvalue weighted by molar-refractivity contribution is 5.97. The zero-order chi connectivity index (χ0) is 27.7. The predicted molar refractivity (Wildman–Crippen MR) is 129 cm³/mol. The van der Waals surface area contributed by atoms with Gasteiger partial charge in [-0.1, -0.05) is 13.8 Å². The van der Waals surface area contributed by atoms with Crippen LogP contribution in [0.1, 0.15) is 66.7 Å². The van der Waals surface area contributed by atoms with Gasteiger partial charge in [-0.05, 0) is 40.0 Å². The first-order valence-electron chi connectivity index (χ1n) is 14.5. The maximum absolute atomic E-state index is 14.8. The summed E-state index contributed by atoms with van der Waals surface area (Å²) in [4.78, 5) is 54.1. The lowest BCUT2D eigenvalue weighted by atomic mass is 9.60. The van der Waals surface area contributed by atoms with Crippen LogP contribution < -0.4 is 0 Å². The Bertz CT molecular complexity index is 1240. The number of ether oxygens (including phenoxy) is 5. The van der Waals surface area contributed by atoms with Crippen LogP contribution in [0.2, 0.25) is 0 Å². The van der Waals surface area contributed by atoms with Crippen molar-refractivity contribution in [1.82, 2.24) is 0 Å². The van der Waals surface area contributed by atoms with E-state index in [1.165, 1.54) is 0 Å². The summed E-state index contributed by atoms with van der Waals surface area (Å²) in [5.74, 6) is -6.35. The molecule has 2 aliphatic carbocycles. The Kier molecular flexibility index (Phi) is 4.43. The Labute approximate surface area is 226 Å². The second kappa shape index (κ2) is 6.94. The normalized spacial score (nSPS) is 59.9. The Morgan fingerprint density at radius 2 is 1.67 bits per heavy atom. The molecule has 0 aromatic heterocycles. The van der Waals surface area contributed by atoms with Crippen LogP contribution in [0.5, 0.6) is 0 Å². The van der Waals surface area contributed by atoms with Gasteiger partial charge >= 0.3 is 11.9 Å². The van der Waals surface area contributed by atoms with Crippen LogP contribution in [0, 0.1) is 40.9 Å². The Balaban J connectivity index is 1.32. The molecule has 0 unspecified atom stereocenters. The largest absolute Gasteiger partial charge is 0.459 e. The van der Waals surface area contributed by atoms with Gasteiger partial charge in [0.25, 0.3) is 0 Å². The van der Waals surface area contributed by atoms with E-state index in [4.69, 9.17) is 23.7 Å². The van der Waals surface area contributed by atoms with Crippen molar-refractivity contribution in [2.45, 2.75) is 114 Å². The average molecular weight is 545 g/mol. The highest BCUT2D eigenvalue weighted by Crippen LogP contribution is 2.71. The second-order valence-electron chi connectivity index (χ2n) is 14.4. The van der Waals surface area contributed by atoms with Gasteiger partial charge in [-0.2, -0.15) is 0 Å². The van der Waals surface area contributed by atoms with Crippen molar-refractivity contribution in [1.29, 1.82) is 0 Å². The molecule has 6 saturated heterocycles. The molecule has 212 valence electrons. The molecule has 1 N–H and O–H groups in total. The molecule has 8 fully saturated rings. The van der Waals surface area contributed by atoms with E-state index < -0.39 is 88.0 Å². The first-order chi connectivity index (χ1) is 18.2. The van der Waals surface area contributed by atoms with Gasteiger partial charge in [-0.15, -0.1) is 0 Å². The number of fused-ring (bicyclic) bond motifs is 2. The topological polar surface area (TPSA) is 135 Å². The molecule has 6 heterocycles. The molecular formula is C29H36O10. The maximum Gasteiger partial charge on any atom is 0.311 e. The fourth-order valence-electron chi connectivity index (χ4n) is 10.8. The molecule has 0 radical (unpaired) electrons. The van der Waals surface area contributed by atoms with E-state index in [2.05, 4.69) is 0 Å². The van der Waals surface area contributed by atoms with Crippen LogP contribution in [0.3, 0.4) is 0 Å². The number of carbonyl (C=O) groups is 4. The lowest BCUT2D eigenvalue weighted by molar-refractivity contribution is -0.331. The van der Waals surface area contributed by atoms with Crippen molar-refractivity contribution >= 4 is 23.5 Å². The fraction of sp³-hybridized carbons (Fsp3) is 0.862. The molecule has 0 aromatic carbocycles. The molecule has 2 bridgehead atoms. The van der Waals surface area contributed by atoms with Gasteiger partial charge in [0, 0.05) is 35.5 Å². The minimum Gasteiger partial charge on any atom is -0.459 e. The van der Waals surface area contributed by atoms with Gasteiger partial charge < -0.3 is 28.8 Å². The molecule has 10 heteroatoms. The standard InChI is InChI=1S/C29H36O10/c1-11-17-20-19(12(2)24(34)35-20)38-29-21(17)26(5,22(11)32)6-7-27(39-29)10-28-14(8-13(30)18(27)23(29)33)25(3,4)36-15(28)9-16(31)37-28/h11-15,17-21,30H,6-10H2,1-5H3/t11-,12-,13+,14-,15+,17+,18+,19+,20+,21-,26-,27-,28+,29-/m0/s1. The second-order valence-corrected chi connectivity index (χ2v) is 14.4. The van der Waals surface area contributed by atoms with Crippen LogP contribution in [0.4, 0.5) is 0 Å². The summed E-state index contributed by atoms with van der Waals surface area (Å²) in [5, 5.41) is 11.8. The van der Waals surface area contributed by atoms with Crippen molar-refractivity contribution in [3.05, 3.63) is 0 Å². The lowest BCUT2D eigenvalue weighted by Gasteiger charge is -2.50. The summed E-state index contributed by atoms with van der Waals surface area (Å²) in [6, 6.07) is 0. The molecule has 39 heavy (non-hydrogen) atoms. The van der Waals surface area contributed by atoms with E-state index in [1.807, 2.05) is 27.7 Å². The van der Waals surface area contributed by atoms with Gasteiger partial charge in [0.2, 0.25) is 11.6 Å². The Morgan fingerprint density at radius 1 is 0.923 bits per heavy atom. The number of rotatable bonds is 0. The summed E-state index contributed by atoms with van der Waals surface area (Å²) in [7, 11) is 0. The van der Waals surface area contributed by atoms with Gasteiger partial charge in [0.1, 0.15) is 29.7 Å². The van der Waals surface area contributed by atoms with Crippen LogP contribution in [-0.4, -0.2) is 75.6 Å². The first kappa shape index (κ1) is 24.9. The molecule has 0 aromatic rings. The van der Waals surface area contributed by atoms with E-state index in [-0.39, 0.29) is 42.7 Å². The number of hydrogen-bond donors (Lipinski definition) is 1. The van der Waals surface area contributed by atoms with Gasteiger partial charge in [-0.3, -0.25) is 19.2 Å². The highest BCUT2D eigenvalue weighted by atomic mass is 16.7. The van der Waals surface area contributed by atoms with Crippen LogP contribution in [-0.2, 0) is 42.9 Å². The van der Waals surface area contributed by atoms with Gasteiger partial charge in [0.05, 0.1) is 35.6 Å². The minimum atomic E-state index is -1.80. The quantitative estimate of drug-likeness (QED) is 0.447. The Hall–Kier alpha value is -1.88. The summed E-state index contributed by atoms with van der Waals surface area (Å²) < 4.78 is 32.0. The van der Waals surface area contributed by atoms with Crippen molar-refractivity contribution < 1.29 is 48.0 Å². The van der Waals surface area contributed by atoms with Crippen molar-refractivity contribution in [3.63, 3.8) is 0 Å². The number of carbonyl (C=O) groups excluding carboxylic acids is 4. The molecule has 3 spiro atoms. The van der Waals surface area contributed by atoms with Crippen LogP contribution in [0.25, 0.3) is 0 Å². The van der Waals surface area contributed by atoms with Crippen LogP contribution >= 0.6 is 0 Å². The molecule has 2 saturated carbocycles. The smallest absolute Gasteiger partial charge is 0.311 e. The van der Waals surface area contributed by atoms with Crippen molar-refractivity contribution in [2.24, 2.45) is 40.9 Å². The summed E-state index contributed by atoms with van der Waals surface area (Å²) in [6.45, 7) is 9.33. The summed E-state index contributed by atoms with van der Waals surface area (Å²) >= 11 is 0. The first-order valence-corrected chi connectivity index (χ1v) is 14.5. The highest BCUT2D eigenvalue weighted by Gasteiger charge is 2.83. The zero-order valence-electron chi connectivity index (χ0n) is 22.9. The number of esters is 2. The number of ketones is 2. The number of aliphatic hydroxyl groups is 1. The SMILES string of the molecule is C[C@@H]1C(=O)O[C@H]2[C@@H]1O[C@]13O[C@@]4(CC[C@]5(C)C(=O)[C@@H](C)[C@H]2[C@H]15)C[C@]12OC(=O)C[C@H]1OC(C)(C)[C@@H]2C[C@@H](O)[C@@H]4C3=O. The van der Waals surface area contributed by atoms with Crippen molar-refractivity contribution in [2.75, 3.05) is 0 Å². The number of hydrogen-bond acceptors (Lipinski definition) is 10. The third-order valence-corrected chi connectivity index (χ3v) is 12.3. The molecule has 8 aliphatic rings. The van der Waals surface area contributed by atoms with E-state index in [0.29, 0.717) is 12.8 Å². The Morgan fingerprint density at radius 3 is 2.41 bits per heavy atom. The number of aliphatic hydroxyl groups excluding tert-OH is 1. The molecule has 8 rings (SSSR count). The van der Waals surface area contributed by atoms with Crippen LogP contribution in [0.15, 0.2) is 0 Å². The average Bonchev–Trinajstić information content (AvgIpc) is 3.45. The third kappa shape index (κ3) is 2.56. The zero-order valence-corrected chi connectivity index (χ0v) is 22.9. The molecule has 0 amide bonds. The predicted octanol–water partition coefficient (Wildman–Crippen LogP) is 1.48. The van der Waals surface area contributed by atoms with E-state index in [9.17, 15) is 24.3 Å². The number of Topliss-reactive ketones (excluding diaryl/α,β-unsaturated/α-hetero) is 2. The van der Waals surface area contributed by atoms with Crippen molar-refractivity contribution in [3.8, 4) is 0 Å². The van der Waals surface area contributed by atoms with Gasteiger partial charge in [-0.25, -0.2) is 0 Å². The minimum absolute atomic E-state index is 0.0225. The maximum atomic E-state index is 14.8. The summed E-state index contributed by atoms with van der Waals surface area (Å²) in [6.07, 6.45) is -1.75. The van der Waals surface area contributed by atoms with E-state index in [1.54, 1.807) is 6.92 Å². The van der Waals surface area contributed by atoms with Gasteiger partial charge in [0.15, 0.2) is 0 Å².